The largest absolute Gasteiger partial charge is 0.317 e. The second-order valence-corrected chi connectivity index (χ2v) is 8.14. The molecule has 0 radical (unpaired) electrons. The van der Waals surface area contributed by atoms with Crippen LogP contribution >= 0.6 is 23.7 Å². The molecule has 1 N–H and O–H groups in total. The van der Waals surface area contributed by atoms with Crippen molar-refractivity contribution >= 4 is 23.7 Å². The lowest BCUT2D eigenvalue weighted by Gasteiger charge is -2.29. The van der Waals surface area contributed by atoms with Crippen molar-refractivity contribution in [3.8, 4) is 0 Å². The van der Waals surface area contributed by atoms with Crippen LogP contribution in [-0.4, -0.2) is 35.6 Å². The van der Waals surface area contributed by atoms with Crippen LogP contribution in [0.4, 0.5) is 0 Å². The van der Waals surface area contributed by atoms with Crippen LogP contribution in [0.1, 0.15) is 37.6 Å². The van der Waals surface area contributed by atoms with Crippen LogP contribution in [-0.2, 0) is 6.54 Å². The molecule has 3 nitrogen and oxygen atoms in total. The quantitative estimate of drug-likeness (QED) is 0.900. The molecule has 3 atom stereocenters. The number of halogens is 1. The molecule has 0 aromatic carbocycles. The minimum Gasteiger partial charge on any atom is -0.317 e. The molecule has 1 aromatic rings. The first-order valence-corrected chi connectivity index (χ1v) is 8.98. The maximum atomic E-state index is 4.51. The highest BCUT2D eigenvalue weighted by molar-refractivity contribution is 7.09. The van der Waals surface area contributed by atoms with Gasteiger partial charge in [0.05, 0.1) is 6.54 Å². The molecule has 0 bridgehead atoms. The standard InChI is InChI=1S/C16H25N3S.ClH/c1-12-8-13(12)10-19(11-15-18-6-7-20-15)14-9-16(14)2-4-17-5-3-16;/h6-7,12-14,17H,2-5,8-11H2,1H3;1H. The van der Waals surface area contributed by atoms with Crippen molar-refractivity contribution in [2.75, 3.05) is 19.6 Å². The van der Waals surface area contributed by atoms with E-state index < -0.39 is 0 Å². The summed E-state index contributed by atoms with van der Waals surface area (Å²) in [6.07, 6.45) is 7.58. The van der Waals surface area contributed by atoms with E-state index in [1.54, 1.807) is 0 Å². The third-order valence-electron chi connectivity index (χ3n) is 5.75. The number of rotatable bonds is 5. The zero-order valence-corrected chi connectivity index (χ0v) is 14.4. The van der Waals surface area contributed by atoms with E-state index in [-0.39, 0.29) is 12.4 Å². The molecule has 1 saturated heterocycles. The summed E-state index contributed by atoms with van der Waals surface area (Å²) >= 11 is 1.81. The Morgan fingerprint density at radius 2 is 2.19 bits per heavy atom. The molecule has 5 heteroatoms. The number of nitrogens with one attached hydrogen (secondary N) is 1. The molecule has 21 heavy (non-hydrogen) atoms. The topological polar surface area (TPSA) is 28.2 Å². The Hall–Kier alpha value is -0.160. The summed E-state index contributed by atoms with van der Waals surface area (Å²) in [6, 6.07) is 0.835. The van der Waals surface area contributed by atoms with Crippen molar-refractivity contribution in [2.45, 2.75) is 45.2 Å². The van der Waals surface area contributed by atoms with Crippen molar-refractivity contribution < 1.29 is 0 Å². The maximum Gasteiger partial charge on any atom is 0.107 e. The first kappa shape index (κ1) is 15.7. The van der Waals surface area contributed by atoms with Gasteiger partial charge in [0, 0.05) is 24.2 Å². The molecule has 2 saturated carbocycles. The van der Waals surface area contributed by atoms with Crippen LogP contribution in [0.25, 0.3) is 0 Å². The van der Waals surface area contributed by atoms with Crippen molar-refractivity contribution in [1.29, 1.82) is 0 Å². The number of thiazole rings is 1. The zero-order valence-electron chi connectivity index (χ0n) is 12.8. The summed E-state index contributed by atoms with van der Waals surface area (Å²) < 4.78 is 0. The van der Waals surface area contributed by atoms with E-state index in [1.165, 1.54) is 50.3 Å². The Balaban J connectivity index is 0.00000132. The summed E-state index contributed by atoms with van der Waals surface area (Å²) in [5, 5.41) is 6.93. The minimum absolute atomic E-state index is 0. The molecular weight excluding hydrogens is 302 g/mol. The molecule has 3 aliphatic rings. The molecule has 2 heterocycles. The predicted octanol–water partition coefficient (Wildman–Crippen LogP) is 3.17. The number of hydrogen-bond acceptors (Lipinski definition) is 4. The van der Waals surface area contributed by atoms with Gasteiger partial charge in [0.2, 0.25) is 0 Å². The summed E-state index contributed by atoms with van der Waals surface area (Å²) in [6.45, 7) is 7.24. The Kier molecular flexibility index (Phi) is 4.60. The monoisotopic (exact) mass is 327 g/mol. The third-order valence-corrected chi connectivity index (χ3v) is 6.52. The third kappa shape index (κ3) is 3.29. The zero-order chi connectivity index (χ0) is 13.6. The van der Waals surface area contributed by atoms with Crippen LogP contribution in [0.15, 0.2) is 11.6 Å². The highest BCUT2D eigenvalue weighted by Crippen LogP contribution is 2.56. The number of piperidine rings is 1. The van der Waals surface area contributed by atoms with Gasteiger partial charge in [-0.05, 0) is 56.0 Å². The highest BCUT2D eigenvalue weighted by atomic mass is 35.5. The lowest BCUT2D eigenvalue weighted by molar-refractivity contribution is 0.186. The first-order valence-electron chi connectivity index (χ1n) is 8.10. The van der Waals surface area contributed by atoms with Crippen molar-refractivity contribution in [3.63, 3.8) is 0 Å². The van der Waals surface area contributed by atoms with Gasteiger partial charge in [-0.25, -0.2) is 4.98 Å². The molecule has 4 rings (SSSR count). The van der Waals surface area contributed by atoms with Gasteiger partial charge in [-0.1, -0.05) is 6.92 Å². The van der Waals surface area contributed by atoms with Crippen molar-refractivity contribution in [1.82, 2.24) is 15.2 Å². The summed E-state index contributed by atoms with van der Waals surface area (Å²) in [5.41, 5.74) is 0.653. The summed E-state index contributed by atoms with van der Waals surface area (Å²) in [4.78, 5) is 7.29. The van der Waals surface area contributed by atoms with Gasteiger partial charge in [-0.2, -0.15) is 0 Å². The van der Waals surface area contributed by atoms with Gasteiger partial charge >= 0.3 is 0 Å². The van der Waals surface area contributed by atoms with Gasteiger partial charge < -0.3 is 5.32 Å². The Morgan fingerprint density at radius 3 is 2.81 bits per heavy atom. The fourth-order valence-corrected chi connectivity index (χ4v) is 4.71. The molecule has 1 aromatic heterocycles. The van der Waals surface area contributed by atoms with E-state index >= 15 is 0 Å². The second kappa shape index (κ2) is 6.15. The van der Waals surface area contributed by atoms with Gasteiger partial charge in [-0.3, -0.25) is 4.90 Å². The Morgan fingerprint density at radius 1 is 1.43 bits per heavy atom. The molecular formula is C16H26ClN3S. The number of nitrogens with zero attached hydrogens (tertiary/aromatic N) is 2. The molecule has 118 valence electrons. The van der Waals surface area contributed by atoms with E-state index in [9.17, 15) is 0 Å². The van der Waals surface area contributed by atoms with E-state index in [4.69, 9.17) is 0 Å². The lowest BCUT2D eigenvalue weighted by Crippen LogP contribution is -2.37. The minimum atomic E-state index is 0. The molecule has 1 spiro atoms. The Bertz CT molecular complexity index is 458. The van der Waals surface area contributed by atoms with E-state index in [2.05, 4.69) is 27.5 Å². The van der Waals surface area contributed by atoms with Gasteiger partial charge in [-0.15, -0.1) is 23.7 Å². The highest BCUT2D eigenvalue weighted by Gasteiger charge is 2.57. The molecule has 1 aliphatic heterocycles. The SMILES string of the molecule is CC1CC1CN(Cc1nccs1)C1CC12CCNCC2.Cl. The molecule has 2 aliphatic carbocycles. The summed E-state index contributed by atoms with van der Waals surface area (Å²) in [7, 11) is 0. The summed E-state index contributed by atoms with van der Waals surface area (Å²) in [5.74, 6) is 1.91. The average Bonchev–Trinajstić information content (AvgIpc) is 3.25. The van der Waals surface area contributed by atoms with Gasteiger partial charge in [0.1, 0.15) is 5.01 Å². The average molecular weight is 328 g/mol. The fourth-order valence-electron chi connectivity index (χ4n) is 4.07. The van der Waals surface area contributed by atoms with E-state index in [1.807, 2.05) is 17.5 Å². The molecule has 0 amide bonds. The van der Waals surface area contributed by atoms with E-state index in [0.717, 1.165) is 24.4 Å². The number of hydrogen-bond donors (Lipinski definition) is 1. The number of aromatic nitrogens is 1. The van der Waals surface area contributed by atoms with Crippen LogP contribution in [0.2, 0.25) is 0 Å². The fraction of sp³-hybridized carbons (Fsp3) is 0.812. The predicted molar refractivity (Wildman–Crippen MR) is 90.0 cm³/mol. The smallest absolute Gasteiger partial charge is 0.107 e. The maximum absolute atomic E-state index is 4.51. The van der Waals surface area contributed by atoms with Gasteiger partial charge in [0.25, 0.3) is 0 Å². The van der Waals surface area contributed by atoms with E-state index in [0.29, 0.717) is 5.41 Å². The second-order valence-electron chi connectivity index (χ2n) is 7.16. The van der Waals surface area contributed by atoms with Crippen LogP contribution < -0.4 is 5.32 Å². The normalized spacial score (nSPS) is 33.0. The molecule has 3 unspecified atom stereocenters. The molecule has 3 fully saturated rings. The van der Waals surface area contributed by atoms with Gasteiger partial charge in [0.15, 0.2) is 0 Å². The van der Waals surface area contributed by atoms with Crippen LogP contribution in [0, 0.1) is 17.3 Å². The Labute approximate surface area is 137 Å². The van der Waals surface area contributed by atoms with Crippen LogP contribution in [0.5, 0.6) is 0 Å². The van der Waals surface area contributed by atoms with Crippen molar-refractivity contribution in [3.05, 3.63) is 16.6 Å². The lowest BCUT2D eigenvalue weighted by atomic mass is 9.93. The van der Waals surface area contributed by atoms with Crippen molar-refractivity contribution in [2.24, 2.45) is 17.3 Å². The first-order chi connectivity index (χ1) is 9.77. The van der Waals surface area contributed by atoms with Crippen LogP contribution in [0.3, 0.4) is 0 Å².